The minimum absolute atomic E-state index is 0.0567. The molecule has 2 heterocycles. The Balaban J connectivity index is 2.08. The molecule has 0 radical (unpaired) electrons. The number of rotatable bonds is 7. The Hall–Kier alpha value is -2.13. The van der Waals surface area contributed by atoms with E-state index in [1.807, 2.05) is 4.90 Å². The molecule has 1 aromatic rings. The molecule has 2 rings (SSSR count). The predicted molar refractivity (Wildman–Crippen MR) is 82.3 cm³/mol. The second-order valence-electron chi connectivity index (χ2n) is 5.76. The van der Waals surface area contributed by atoms with Gasteiger partial charge in [0.15, 0.2) is 0 Å². The first kappa shape index (κ1) is 17.2. The number of hydrogen-bond acceptors (Lipinski definition) is 6. The largest absolute Gasteiger partial charge is 0.481 e. The molecule has 0 saturated carbocycles. The van der Waals surface area contributed by atoms with Crippen LogP contribution < -0.4 is 4.90 Å². The number of hydrogen-bond donors (Lipinski definition) is 4. The summed E-state index contributed by atoms with van der Waals surface area (Å²) in [5.74, 6) is -2.68. The third-order valence-electron chi connectivity index (χ3n) is 4.13. The molecule has 0 bridgehead atoms. The topological polar surface area (TPSA) is 131 Å². The lowest BCUT2D eigenvalue weighted by atomic mass is 9.80. The lowest BCUT2D eigenvalue weighted by Gasteiger charge is -2.18. The van der Waals surface area contributed by atoms with Gasteiger partial charge in [-0.05, 0) is 24.7 Å². The summed E-state index contributed by atoms with van der Waals surface area (Å²) in [6.45, 7) is 0.760. The maximum Gasteiger partial charge on any atom is 0.451 e. The number of carbonyl (C=O) groups is 2. The fourth-order valence-corrected chi connectivity index (χ4v) is 2.93. The van der Waals surface area contributed by atoms with Gasteiger partial charge in [-0.3, -0.25) is 9.78 Å². The van der Waals surface area contributed by atoms with Crippen molar-refractivity contribution in [2.24, 2.45) is 11.8 Å². The Morgan fingerprint density at radius 1 is 1.26 bits per heavy atom. The second-order valence-corrected chi connectivity index (χ2v) is 5.76. The molecular formula is C14H19BN2O6. The molecule has 124 valence electrons. The van der Waals surface area contributed by atoms with E-state index < -0.39 is 25.0 Å². The van der Waals surface area contributed by atoms with Crippen LogP contribution in [0.4, 0.5) is 5.69 Å². The lowest BCUT2D eigenvalue weighted by Crippen LogP contribution is -2.23. The van der Waals surface area contributed by atoms with Crippen LogP contribution in [0.3, 0.4) is 0 Å². The number of aromatic carboxylic acids is 1. The Morgan fingerprint density at radius 2 is 2.00 bits per heavy atom. The van der Waals surface area contributed by atoms with Crippen molar-refractivity contribution in [3.63, 3.8) is 0 Å². The molecule has 23 heavy (non-hydrogen) atoms. The van der Waals surface area contributed by atoms with Crippen molar-refractivity contribution in [3.8, 4) is 0 Å². The number of aromatic nitrogens is 1. The highest BCUT2D eigenvalue weighted by Crippen LogP contribution is 2.32. The summed E-state index contributed by atoms with van der Waals surface area (Å²) in [5, 5.41) is 36.1. The number of aliphatic carboxylic acids is 1. The van der Waals surface area contributed by atoms with Crippen LogP contribution in [0.1, 0.15) is 23.2 Å². The molecular weight excluding hydrogens is 303 g/mol. The van der Waals surface area contributed by atoms with E-state index in [4.69, 9.17) is 15.2 Å². The van der Waals surface area contributed by atoms with Crippen molar-refractivity contribution < 1.29 is 29.9 Å². The summed E-state index contributed by atoms with van der Waals surface area (Å²) >= 11 is 0. The van der Waals surface area contributed by atoms with Crippen LogP contribution in [-0.2, 0) is 4.79 Å². The molecule has 0 aliphatic carbocycles. The van der Waals surface area contributed by atoms with E-state index in [0.717, 1.165) is 0 Å². The van der Waals surface area contributed by atoms with Gasteiger partial charge in [0.1, 0.15) is 0 Å². The summed E-state index contributed by atoms with van der Waals surface area (Å²) in [6, 6.07) is 1.48. The minimum atomic E-state index is -1.38. The van der Waals surface area contributed by atoms with Crippen LogP contribution in [0.2, 0.25) is 6.32 Å². The van der Waals surface area contributed by atoms with Gasteiger partial charge in [-0.25, -0.2) is 4.79 Å². The van der Waals surface area contributed by atoms with E-state index in [1.165, 1.54) is 18.5 Å². The summed E-state index contributed by atoms with van der Waals surface area (Å²) in [5.41, 5.74) is 0.641. The van der Waals surface area contributed by atoms with Gasteiger partial charge in [0.25, 0.3) is 0 Å². The highest BCUT2D eigenvalue weighted by Gasteiger charge is 2.37. The third-order valence-corrected chi connectivity index (χ3v) is 4.13. The van der Waals surface area contributed by atoms with Crippen molar-refractivity contribution in [3.05, 3.63) is 24.0 Å². The van der Waals surface area contributed by atoms with Gasteiger partial charge in [-0.2, -0.15) is 0 Å². The molecule has 2 atom stereocenters. The number of carboxylic acid groups (broad SMARTS) is 2. The number of pyridine rings is 1. The first-order valence-corrected chi connectivity index (χ1v) is 7.40. The van der Waals surface area contributed by atoms with Crippen LogP contribution in [0.5, 0.6) is 0 Å². The zero-order chi connectivity index (χ0) is 17.0. The van der Waals surface area contributed by atoms with Gasteiger partial charge < -0.3 is 25.2 Å². The Kier molecular flexibility index (Phi) is 5.57. The van der Waals surface area contributed by atoms with Gasteiger partial charge in [0, 0.05) is 19.3 Å². The fraction of sp³-hybridized carbons (Fsp3) is 0.500. The monoisotopic (exact) mass is 322 g/mol. The van der Waals surface area contributed by atoms with E-state index in [-0.39, 0.29) is 24.3 Å². The lowest BCUT2D eigenvalue weighted by molar-refractivity contribution is -0.142. The minimum Gasteiger partial charge on any atom is -0.481 e. The summed E-state index contributed by atoms with van der Waals surface area (Å²) < 4.78 is 0. The van der Waals surface area contributed by atoms with Crippen molar-refractivity contribution in [2.75, 3.05) is 18.0 Å². The number of carboxylic acids is 2. The second kappa shape index (κ2) is 7.43. The maximum atomic E-state index is 11.4. The first-order chi connectivity index (χ1) is 10.9. The zero-order valence-corrected chi connectivity index (χ0v) is 12.5. The molecule has 1 saturated heterocycles. The molecule has 1 aliphatic heterocycles. The van der Waals surface area contributed by atoms with E-state index in [9.17, 15) is 14.7 Å². The highest BCUT2D eigenvalue weighted by molar-refractivity contribution is 6.40. The van der Waals surface area contributed by atoms with Crippen LogP contribution in [-0.4, -0.2) is 57.4 Å². The molecule has 1 aliphatic rings. The van der Waals surface area contributed by atoms with Crippen LogP contribution in [0.15, 0.2) is 18.5 Å². The SMILES string of the molecule is O=C(O)c1cncc(N2C[C@H](CCCB(O)O)[C@H](C(=O)O)C2)c1. The molecule has 0 unspecified atom stereocenters. The third kappa shape index (κ3) is 4.43. The average Bonchev–Trinajstić information content (AvgIpc) is 2.91. The Bertz CT molecular complexity index is 582. The van der Waals surface area contributed by atoms with E-state index in [0.29, 0.717) is 25.1 Å². The van der Waals surface area contributed by atoms with Crippen molar-refractivity contribution >= 4 is 24.7 Å². The molecule has 4 N–H and O–H groups in total. The van der Waals surface area contributed by atoms with E-state index in [1.54, 1.807) is 0 Å². The van der Waals surface area contributed by atoms with Gasteiger partial charge >= 0.3 is 19.1 Å². The molecule has 1 fully saturated rings. The molecule has 9 heteroatoms. The number of anilines is 1. The Morgan fingerprint density at radius 3 is 2.61 bits per heavy atom. The smallest absolute Gasteiger partial charge is 0.451 e. The van der Waals surface area contributed by atoms with Crippen molar-refractivity contribution in [1.29, 1.82) is 0 Å². The summed E-state index contributed by atoms with van der Waals surface area (Å²) in [4.78, 5) is 28.1. The maximum absolute atomic E-state index is 11.4. The van der Waals surface area contributed by atoms with Gasteiger partial charge in [0.05, 0.1) is 23.4 Å². The van der Waals surface area contributed by atoms with Crippen molar-refractivity contribution in [2.45, 2.75) is 19.2 Å². The Labute approximate surface area is 133 Å². The van der Waals surface area contributed by atoms with E-state index in [2.05, 4.69) is 4.98 Å². The predicted octanol–water partition coefficient (Wildman–Crippen LogP) is 0.170. The van der Waals surface area contributed by atoms with Crippen LogP contribution in [0.25, 0.3) is 0 Å². The van der Waals surface area contributed by atoms with E-state index >= 15 is 0 Å². The average molecular weight is 322 g/mol. The first-order valence-electron chi connectivity index (χ1n) is 7.40. The fourth-order valence-electron chi connectivity index (χ4n) is 2.93. The zero-order valence-electron chi connectivity index (χ0n) is 12.5. The van der Waals surface area contributed by atoms with Gasteiger partial charge in [-0.15, -0.1) is 0 Å². The molecule has 0 amide bonds. The van der Waals surface area contributed by atoms with Gasteiger partial charge in [0.2, 0.25) is 0 Å². The van der Waals surface area contributed by atoms with Crippen LogP contribution >= 0.6 is 0 Å². The summed E-state index contributed by atoms with van der Waals surface area (Å²) in [6.07, 6.45) is 4.06. The quantitative estimate of drug-likeness (QED) is 0.523. The van der Waals surface area contributed by atoms with Crippen LogP contribution in [0, 0.1) is 11.8 Å². The molecule has 0 spiro atoms. The van der Waals surface area contributed by atoms with Crippen molar-refractivity contribution in [1.82, 2.24) is 4.98 Å². The number of nitrogens with zero attached hydrogens (tertiary/aromatic N) is 2. The van der Waals surface area contributed by atoms with Gasteiger partial charge in [-0.1, -0.05) is 6.42 Å². The summed E-state index contributed by atoms with van der Waals surface area (Å²) in [7, 11) is -1.38. The molecule has 8 nitrogen and oxygen atoms in total. The highest BCUT2D eigenvalue weighted by atomic mass is 16.4. The molecule has 0 aromatic carbocycles. The molecule has 1 aromatic heterocycles. The standard InChI is InChI=1S/C14H19BN2O6/c18-13(19)10-4-11(6-16-5-10)17-7-9(2-1-3-15(22)23)12(8-17)14(20)21/h4-6,9,12,22-23H,1-3,7-8H2,(H,18,19)(H,20,21)/t9-,12+/m0/s1. The normalized spacial score (nSPS) is 20.5.